The zero-order valence-corrected chi connectivity index (χ0v) is 18.1. The first-order valence-corrected chi connectivity index (χ1v) is 11.0. The number of carboxylic acid groups (broad SMARTS) is 1. The minimum absolute atomic E-state index is 0.234. The molecule has 0 amide bonds. The van der Waals surface area contributed by atoms with Gasteiger partial charge in [-0.3, -0.25) is 0 Å². The van der Waals surface area contributed by atoms with E-state index in [1.165, 1.54) is 57.1 Å². The van der Waals surface area contributed by atoms with Crippen LogP contribution in [0.3, 0.4) is 0 Å². The van der Waals surface area contributed by atoms with Crippen LogP contribution in [0.25, 0.3) is 0 Å². The third-order valence-electron chi connectivity index (χ3n) is 5.00. The molecule has 2 rings (SSSR count). The second kappa shape index (κ2) is 13.5. The Morgan fingerprint density at radius 1 is 0.933 bits per heavy atom. The minimum atomic E-state index is -0.952. The van der Waals surface area contributed by atoms with E-state index in [-0.39, 0.29) is 5.56 Å². The number of carbonyl (C=O) groups is 1. The van der Waals surface area contributed by atoms with Crippen molar-refractivity contribution in [2.75, 3.05) is 6.61 Å². The molecule has 0 aromatic heterocycles. The Balaban J connectivity index is 1.87. The van der Waals surface area contributed by atoms with Crippen LogP contribution in [0.5, 0.6) is 17.2 Å². The van der Waals surface area contributed by atoms with Crippen molar-refractivity contribution in [3.8, 4) is 17.2 Å². The van der Waals surface area contributed by atoms with E-state index in [4.69, 9.17) is 14.6 Å². The number of allylic oxidation sites excluding steroid dienone is 1. The van der Waals surface area contributed by atoms with Gasteiger partial charge in [-0.1, -0.05) is 64.0 Å². The molecule has 0 atom stereocenters. The molecule has 0 saturated carbocycles. The van der Waals surface area contributed by atoms with Crippen LogP contribution >= 0.6 is 0 Å². The summed E-state index contributed by atoms with van der Waals surface area (Å²) in [7, 11) is 0. The van der Waals surface area contributed by atoms with E-state index >= 15 is 0 Å². The van der Waals surface area contributed by atoms with E-state index in [0.29, 0.717) is 18.1 Å². The number of hydrogen-bond donors (Lipinski definition) is 1. The van der Waals surface area contributed by atoms with Crippen LogP contribution in [-0.4, -0.2) is 17.7 Å². The molecular formula is C26H34O4. The molecule has 0 aliphatic heterocycles. The third kappa shape index (κ3) is 8.32. The summed E-state index contributed by atoms with van der Waals surface area (Å²) in [4.78, 5) is 11.0. The SMILES string of the molecule is C=CCc1ccc(Oc2ccc(C(=O)O)cc2)cc1OCCCCCCCCCC. The molecule has 0 spiro atoms. The average Bonchev–Trinajstić information content (AvgIpc) is 2.74. The number of aromatic carboxylic acids is 1. The van der Waals surface area contributed by atoms with Gasteiger partial charge in [0.25, 0.3) is 0 Å². The van der Waals surface area contributed by atoms with E-state index < -0.39 is 5.97 Å². The number of unbranched alkanes of at least 4 members (excludes halogenated alkanes) is 7. The average molecular weight is 411 g/mol. The highest BCUT2D eigenvalue weighted by Gasteiger charge is 2.08. The topological polar surface area (TPSA) is 55.8 Å². The Hall–Kier alpha value is -2.75. The maximum Gasteiger partial charge on any atom is 0.335 e. The predicted molar refractivity (Wildman–Crippen MR) is 122 cm³/mol. The molecule has 0 heterocycles. The molecule has 2 aromatic carbocycles. The highest BCUT2D eigenvalue weighted by molar-refractivity contribution is 5.87. The van der Waals surface area contributed by atoms with Crippen molar-refractivity contribution in [1.29, 1.82) is 0 Å². The Morgan fingerprint density at radius 3 is 2.20 bits per heavy atom. The summed E-state index contributed by atoms with van der Waals surface area (Å²) in [6.45, 7) is 6.76. The van der Waals surface area contributed by atoms with Crippen LogP contribution in [0.4, 0.5) is 0 Å². The van der Waals surface area contributed by atoms with E-state index in [1.807, 2.05) is 24.3 Å². The van der Waals surface area contributed by atoms with Crippen LogP contribution in [0, 0.1) is 0 Å². The summed E-state index contributed by atoms with van der Waals surface area (Å²) < 4.78 is 11.9. The van der Waals surface area contributed by atoms with Gasteiger partial charge in [0.15, 0.2) is 0 Å². The molecule has 0 aliphatic rings. The standard InChI is InChI=1S/C26H34O4/c1-3-5-6-7-8-9-10-11-19-29-25-20-24(18-13-21(25)12-4-2)30-23-16-14-22(15-17-23)26(27)28/h4,13-18,20H,2-3,5-12,19H2,1H3,(H,27,28). The van der Waals surface area contributed by atoms with Crippen molar-refractivity contribution in [1.82, 2.24) is 0 Å². The summed E-state index contributed by atoms with van der Waals surface area (Å²) in [5, 5.41) is 9.00. The van der Waals surface area contributed by atoms with Gasteiger partial charge in [-0.25, -0.2) is 4.79 Å². The summed E-state index contributed by atoms with van der Waals surface area (Å²) in [5.41, 5.74) is 1.32. The van der Waals surface area contributed by atoms with Crippen molar-refractivity contribution >= 4 is 5.97 Å². The second-order valence-electron chi connectivity index (χ2n) is 7.52. The van der Waals surface area contributed by atoms with Gasteiger partial charge in [0.05, 0.1) is 12.2 Å². The monoisotopic (exact) mass is 410 g/mol. The highest BCUT2D eigenvalue weighted by atomic mass is 16.5. The molecule has 0 saturated heterocycles. The van der Waals surface area contributed by atoms with Gasteiger partial charge in [0, 0.05) is 6.07 Å². The molecule has 4 heteroatoms. The number of carboxylic acids is 1. The summed E-state index contributed by atoms with van der Waals surface area (Å²) in [5.74, 6) is 1.12. The Kier molecular flexibility index (Phi) is 10.6. The van der Waals surface area contributed by atoms with E-state index in [0.717, 1.165) is 24.2 Å². The van der Waals surface area contributed by atoms with Gasteiger partial charge < -0.3 is 14.6 Å². The number of ether oxygens (including phenoxy) is 2. The quantitative estimate of drug-likeness (QED) is 0.245. The van der Waals surface area contributed by atoms with Gasteiger partial charge >= 0.3 is 5.97 Å². The lowest BCUT2D eigenvalue weighted by molar-refractivity contribution is 0.0697. The lowest BCUT2D eigenvalue weighted by Crippen LogP contribution is -2.01. The number of rotatable bonds is 15. The number of benzene rings is 2. The first kappa shape index (κ1) is 23.5. The molecule has 4 nitrogen and oxygen atoms in total. The largest absolute Gasteiger partial charge is 0.493 e. The molecule has 0 radical (unpaired) electrons. The van der Waals surface area contributed by atoms with Crippen molar-refractivity contribution in [3.63, 3.8) is 0 Å². The van der Waals surface area contributed by atoms with Crippen LogP contribution in [-0.2, 0) is 6.42 Å². The molecule has 0 fully saturated rings. The molecule has 0 aliphatic carbocycles. The molecule has 162 valence electrons. The van der Waals surface area contributed by atoms with Crippen LogP contribution < -0.4 is 9.47 Å². The normalized spacial score (nSPS) is 10.6. The fourth-order valence-corrected chi connectivity index (χ4v) is 3.28. The van der Waals surface area contributed by atoms with Gasteiger partial charge in [-0.2, -0.15) is 0 Å². The van der Waals surface area contributed by atoms with Gasteiger partial charge in [0.1, 0.15) is 17.2 Å². The van der Waals surface area contributed by atoms with Gasteiger partial charge in [-0.05, 0) is 48.7 Å². The first-order chi connectivity index (χ1) is 14.6. The Bertz CT molecular complexity index is 780. The summed E-state index contributed by atoms with van der Waals surface area (Å²) in [6.07, 6.45) is 12.7. The Labute approximate surface area is 180 Å². The van der Waals surface area contributed by atoms with Crippen molar-refractivity contribution in [3.05, 3.63) is 66.2 Å². The molecule has 2 aromatic rings. The van der Waals surface area contributed by atoms with Gasteiger partial charge in [-0.15, -0.1) is 6.58 Å². The smallest absolute Gasteiger partial charge is 0.335 e. The second-order valence-corrected chi connectivity index (χ2v) is 7.52. The molecule has 0 bridgehead atoms. The molecule has 1 N–H and O–H groups in total. The molecular weight excluding hydrogens is 376 g/mol. The minimum Gasteiger partial charge on any atom is -0.493 e. The third-order valence-corrected chi connectivity index (χ3v) is 5.00. The first-order valence-electron chi connectivity index (χ1n) is 11.0. The molecule has 30 heavy (non-hydrogen) atoms. The highest BCUT2D eigenvalue weighted by Crippen LogP contribution is 2.29. The lowest BCUT2D eigenvalue weighted by Gasteiger charge is -2.13. The van der Waals surface area contributed by atoms with Crippen molar-refractivity contribution < 1.29 is 19.4 Å². The van der Waals surface area contributed by atoms with Crippen LogP contribution in [0.15, 0.2) is 55.1 Å². The maximum atomic E-state index is 11.0. The van der Waals surface area contributed by atoms with Crippen LogP contribution in [0.2, 0.25) is 0 Å². The van der Waals surface area contributed by atoms with Crippen LogP contribution in [0.1, 0.15) is 74.2 Å². The number of hydrogen-bond acceptors (Lipinski definition) is 3. The molecule has 0 unspecified atom stereocenters. The zero-order valence-electron chi connectivity index (χ0n) is 18.1. The fourth-order valence-electron chi connectivity index (χ4n) is 3.28. The summed E-state index contributed by atoms with van der Waals surface area (Å²) >= 11 is 0. The van der Waals surface area contributed by atoms with Gasteiger partial charge in [0.2, 0.25) is 0 Å². The predicted octanol–water partition coefficient (Wildman–Crippen LogP) is 7.43. The Morgan fingerprint density at radius 2 is 1.57 bits per heavy atom. The lowest BCUT2D eigenvalue weighted by atomic mass is 10.1. The van der Waals surface area contributed by atoms with E-state index in [2.05, 4.69) is 13.5 Å². The van der Waals surface area contributed by atoms with E-state index in [1.54, 1.807) is 12.1 Å². The van der Waals surface area contributed by atoms with E-state index in [9.17, 15) is 4.79 Å². The van der Waals surface area contributed by atoms with Crippen molar-refractivity contribution in [2.24, 2.45) is 0 Å². The zero-order chi connectivity index (χ0) is 21.6. The maximum absolute atomic E-state index is 11.0. The fraction of sp³-hybridized carbons (Fsp3) is 0.423. The van der Waals surface area contributed by atoms with Crippen molar-refractivity contribution in [2.45, 2.75) is 64.7 Å². The summed E-state index contributed by atoms with van der Waals surface area (Å²) in [6, 6.07) is 12.2.